The third-order valence-corrected chi connectivity index (χ3v) is 2.93. The molecular weight excluding hydrogens is 308 g/mol. The fourth-order valence-corrected chi connectivity index (χ4v) is 1.91. The molecule has 0 saturated carbocycles. The normalized spacial score (nSPS) is 11.5. The van der Waals surface area contributed by atoms with Crippen LogP contribution in [0.1, 0.15) is 69.1 Å². The van der Waals surface area contributed by atoms with Crippen LogP contribution in [0.25, 0.3) is 12.2 Å². The summed E-state index contributed by atoms with van der Waals surface area (Å²) in [5.74, 6) is 0.423. The van der Waals surface area contributed by atoms with Gasteiger partial charge in [0.05, 0.1) is 0 Å². The van der Waals surface area contributed by atoms with Gasteiger partial charge < -0.3 is 14.5 Å². The Balaban J connectivity index is 2.37. The number of nitrogens with zero attached hydrogens (tertiary/aromatic N) is 1. The highest BCUT2D eigenvalue weighted by atomic mass is 16.6. The van der Waals surface area contributed by atoms with Crippen molar-refractivity contribution in [3.05, 3.63) is 30.0 Å². The first kappa shape index (κ1) is 19.7. The molecule has 0 bridgehead atoms. The number of carbonyl (C=O) groups excluding carboxylic acids is 2. The van der Waals surface area contributed by atoms with Crippen molar-refractivity contribution >= 4 is 24.0 Å². The summed E-state index contributed by atoms with van der Waals surface area (Å²) in [4.78, 5) is 27.7. The number of ketones is 1. The summed E-state index contributed by atoms with van der Waals surface area (Å²) >= 11 is 0. The molecule has 0 aliphatic heterocycles. The Labute approximate surface area is 143 Å². The maximum atomic E-state index is 12.1. The molecule has 132 valence electrons. The summed E-state index contributed by atoms with van der Waals surface area (Å²) in [7, 11) is 0. The quantitative estimate of drug-likeness (QED) is 0.568. The lowest BCUT2D eigenvalue weighted by atomic mass is 10.2. The van der Waals surface area contributed by atoms with Gasteiger partial charge in [-0.1, -0.05) is 12.7 Å². The summed E-state index contributed by atoms with van der Waals surface area (Å²) in [5, 5.41) is 2.66. The SMILES string of the molecule is C=Cc1oc(C(=O)CCCCNC(=O)OC(C)(C)C)nc1/C=C\C. The maximum absolute atomic E-state index is 12.1. The molecule has 0 fully saturated rings. The molecule has 6 nitrogen and oxygen atoms in total. The highest BCUT2D eigenvalue weighted by Gasteiger charge is 2.17. The van der Waals surface area contributed by atoms with Crippen LogP contribution in [0.3, 0.4) is 0 Å². The Bertz CT molecular complexity index is 609. The molecule has 1 amide bonds. The van der Waals surface area contributed by atoms with Gasteiger partial charge in [0.25, 0.3) is 5.89 Å². The van der Waals surface area contributed by atoms with Crippen LogP contribution in [0.2, 0.25) is 0 Å². The minimum absolute atomic E-state index is 0.0955. The zero-order chi connectivity index (χ0) is 18.2. The van der Waals surface area contributed by atoms with E-state index in [0.717, 1.165) is 0 Å². The average molecular weight is 334 g/mol. The van der Waals surface area contributed by atoms with Crippen LogP contribution in [0.4, 0.5) is 4.79 Å². The summed E-state index contributed by atoms with van der Waals surface area (Å²) in [6, 6.07) is 0. The monoisotopic (exact) mass is 334 g/mol. The molecular formula is C18H26N2O4. The minimum Gasteiger partial charge on any atom is -0.444 e. The number of hydrogen-bond acceptors (Lipinski definition) is 5. The molecule has 24 heavy (non-hydrogen) atoms. The Kier molecular flexibility index (Phi) is 7.42. The van der Waals surface area contributed by atoms with Gasteiger partial charge in [-0.3, -0.25) is 4.79 Å². The number of Topliss-reactive ketones (excluding diaryl/α,β-unsaturated/α-hetero) is 1. The van der Waals surface area contributed by atoms with Crippen molar-refractivity contribution < 1.29 is 18.7 Å². The standard InChI is InChI=1S/C18H26N2O4/c1-6-10-13-15(7-2)23-16(20-13)14(21)11-8-9-12-19-17(22)24-18(3,4)5/h6-7,10H,2,8-9,11-12H2,1,3-5H3,(H,19,22)/b10-6-. The van der Waals surface area contributed by atoms with Crippen molar-refractivity contribution in [2.45, 2.75) is 52.6 Å². The van der Waals surface area contributed by atoms with Crippen LogP contribution < -0.4 is 5.32 Å². The number of unbranched alkanes of at least 4 members (excludes halogenated alkanes) is 1. The summed E-state index contributed by atoms with van der Waals surface area (Å²) < 4.78 is 10.5. The highest BCUT2D eigenvalue weighted by Crippen LogP contribution is 2.16. The molecule has 1 rings (SSSR count). The van der Waals surface area contributed by atoms with Gasteiger partial charge in [0, 0.05) is 13.0 Å². The third kappa shape index (κ3) is 6.81. The van der Waals surface area contributed by atoms with E-state index in [4.69, 9.17) is 9.15 Å². The largest absolute Gasteiger partial charge is 0.444 e. The number of carbonyl (C=O) groups is 2. The first-order chi connectivity index (χ1) is 11.3. The molecule has 0 spiro atoms. The Morgan fingerprint density at radius 3 is 2.62 bits per heavy atom. The fraction of sp³-hybridized carbons (Fsp3) is 0.500. The van der Waals surface area contributed by atoms with E-state index in [1.54, 1.807) is 26.8 Å². The molecule has 1 aromatic heterocycles. The van der Waals surface area contributed by atoms with Gasteiger partial charge >= 0.3 is 6.09 Å². The Hall–Kier alpha value is -2.37. The smallest absolute Gasteiger partial charge is 0.407 e. The Morgan fingerprint density at radius 1 is 1.33 bits per heavy atom. The number of allylic oxidation sites excluding steroid dienone is 1. The number of ether oxygens (including phenoxy) is 1. The molecule has 1 heterocycles. The molecule has 1 aromatic rings. The van der Waals surface area contributed by atoms with E-state index in [1.807, 2.05) is 13.0 Å². The van der Waals surface area contributed by atoms with Gasteiger partial charge in [0.15, 0.2) is 5.76 Å². The van der Waals surface area contributed by atoms with Crippen LogP contribution >= 0.6 is 0 Å². The van der Waals surface area contributed by atoms with E-state index < -0.39 is 11.7 Å². The molecule has 0 aliphatic carbocycles. The molecule has 0 aromatic carbocycles. The number of oxazole rings is 1. The van der Waals surface area contributed by atoms with Crippen molar-refractivity contribution in [2.75, 3.05) is 6.54 Å². The lowest BCUT2D eigenvalue weighted by Gasteiger charge is -2.19. The van der Waals surface area contributed by atoms with Gasteiger partial charge in [-0.2, -0.15) is 0 Å². The van der Waals surface area contributed by atoms with Crippen LogP contribution in [-0.2, 0) is 4.74 Å². The lowest BCUT2D eigenvalue weighted by molar-refractivity contribution is 0.0527. The fourth-order valence-electron chi connectivity index (χ4n) is 1.91. The summed E-state index contributed by atoms with van der Waals surface area (Å²) in [6.07, 6.45) is 6.27. The number of hydrogen-bond donors (Lipinski definition) is 1. The zero-order valence-electron chi connectivity index (χ0n) is 14.8. The average Bonchev–Trinajstić information content (AvgIpc) is 2.88. The number of amides is 1. The molecule has 0 radical (unpaired) electrons. The molecule has 0 saturated heterocycles. The first-order valence-electron chi connectivity index (χ1n) is 8.03. The van der Waals surface area contributed by atoms with Crippen molar-refractivity contribution in [3.8, 4) is 0 Å². The maximum Gasteiger partial charge on any atom is 0.407 e. The van der Waals surface area contributed by atoms with E-state index in [2.05, 4.69) is 16.9 Å². The van der Waals surface area contributed by atoms with Crippen molar-refractivity contribution in [1.29, 1.82) is 0 Å². The van der Waals surface area contributed by atoms with E-state index >= 15 is 0 Å². The van der Waals surface area contributed by atoms with E-state index in [9.17, 15) is 9.59 Å². The van der Waals surface area contributed by atoms with Crippen LogP contribution in [0.15, 0.2) is 17.1 Å². The number of alkyl carbamates (subject to hydrolysis) is 1. The molecule has 6 heteroatoms. The molecule has 0 atom stereocenters. The van der Waals surface area contributed by atoms with Gasteiger partial charge in [0.1, 0.15) is 11.3 Å². The lowest BCUT2D eigenvalue weighted by Crippen LogP contribution is -2.33. The van der Waals surface area contributed by atoms with E-state index in [0.29, 0.717) is 37.3 Å². The predicted molar refractivity (Wildman–Crippen MR) is 93.7 cm³/mol. The Morgan fingerprint density at radius 2 is 2.04 bits per heavy atom. The van der Waals surface area contributed by atoms with Gasteiger partial charge in [0.2, 0.25) is 5.78 Å². The van der Waals surface area contributed by atoms with Crippen molar-refractivity contribution in [2.24, 2.45) is 0 Å². The highest BCUT2D eigenvalue weighted by molar-refractivity contribution is 5.92. The second-order valence-corrected chi connectivity index (χ2v) is 6.28. The van der Waals surface area contributed by atoms with Crippen LogP contribution in [-0.4, -0.2) is 29.0 Å². The second-order valence-electron chi connectivity index (χ2n) is 6.28. The number of aromatic nitrogens is 1. The van der Waals surface area contributed by atoms with Gasteiger partial charge in [-0.25, -0.2) is 9.78 Å². The molecule has 1 N–H and O–H groups in total. The summed E-state index contributed by atoms with van der Waals surface area (Å²) in [6.45, 7) is 11.4. The van der Waals surface area contributed by atoms with Crippen molar-refractivity contribution in [3.63, 3.8) is 0 Å². The van der Waals surface area contributed by atoms with E-state index in [1.165, 1.54) is 6.08 Å². The van der Waals surface area contributed by atoms with Crippen molar-refractivity contribution in [1.82, 2.24) is 10.3 Å². The first-order valence-corrected chi connectivity index (χ1v) is 8.03. The van der Waals surface area contributed by atoms with Crippen LogP contribution in [0, 0.1) is 0 Å². The third-order valence-electron chi connectivity index (χ3n) is 2.93. The van der Waals surface area contributed by atoms with E-state index in [-0.39, 0.29) is 11.7 Å². The number of rotatable bonds is 8. The van der Waals surface area contributed by atoms with Gasteiger partial charge in [-0.05, 0) is 52.7 Å². The van der Waals surface area contributed by atoms with Gasteiger partial charge in [-0.15, -0.1) is 0 Å². The number of nitrogens with one attached hydrogen (secondary N) is 1. The topological polar surface area (TPSA) is 81.4 Å². The predicted octanol–water partition coefficient (Wildman–Crippen LogP) is 4.23. The molecule has 0 aliphatic rings. The molecule has 0 unspecified atom stereocenters. The second kappa shape index (κ2) is 9.05. The minimum atomic E-state index is -0.515. The van der Waals surface area contributed by atoms with Crippen LogP contribution in [0.5, 0.6) is 0 Å². The summed E-state index contributed by atoms with van der Waals surface area (Å²) in [5.41, 5.74) is 0.0841. The zero-order valence-corrected chi connectivity index (χ0v) is 14.8.